The summed E-state index contributed by atoms with van der Waals surface area (Å²) >= 11 is 0. The van der Waals surface area contributed by atoms with Crippen LogP contribution in [-0.4, -0.2) is 17.7 Å². The molecule has 1 saturated heterocycles. The molecule has 0 radical (unpaired) electrons. The van der Waals surface area contributed by atoms with Gasteiger partial charge in [0.1, 0.15) is 0 Å². The van der Waals surface area contributed by atoms with E-state index in [0.29, 0.717) is 16.9 Å². The van der Waals surface area contributed by atoms with E-state index in [0.717, 1.165) is 17.5 Å². The van der Waals surface area contributed by atoms with Crippen LogP contribution < -0.4 is 10.2 Å². The van der Waals surface area contributed by atoms with Crippen LogP contribution >= 0.6 is 0 Å². The van der Waals surface area contributed by atoms with Crippen molar-refractivity contribution >= 4 is 29.1 Å². The number of allylic oxidation sites excluding steroid dienone is 2. The minimum absolute atomic E-state index is 0.136. The lowest BCUT2D eigenvalue weighted by Crippen LogP contribution is -2.33. The van der Waals surface area contributed by atoms with Gasteiger partial charge in [-0.05, 0) is 73.6 Å². The van der Waals surface area contributed by atoms with Crippen LogP contribution in [0.4, 0.5) is 11.4 Å². The number of carbonyl (C=O) groups excluding carboxylic acids is 3. The van der Waals surface area contributed by atoms with Crippen molar-refractivity contribution in [3.05, 3.63) is 71.3 Å². The molecule has 2 aliphatic carbocycles. The Bertz CT molecular complexity index is 1060. The average Bonchev–Trinajstić information content (AvgIpc) is 3.38. The summed E-state index contributed by atoms with van der Waals surface area (Å²) in [6.07, 6.45) is 5.06. The summed E-state index contributed by atoms with van der Waals surface area (Å²) in [6, 6.07) is 12.5. The molecule has 2 bridgehead atoms. The Balaban J connectivity index is 1.40. The monoisotopic (exact) mass is 386 g/mol. The van der Waals surface area contributed by atoms with Gasteiger partial charge in [0.15, 0.2) is 0 Å². The third kappa shape index (κ3) is 2.72. The van der Waals surface area contributed by atoms with E-state index in [1.807, 2.05) is 32.0 Å². The maximum absolute atomic E-state index is 13.0. The van der Waals surface area contributed by atoms with Crippen molar-refractivity contribution in [2.24, 2.45) is 23.7 Å². The number of imide groups is 1. The van der Waals surface area contributed by atoms with Crippen molar-refractivity contribution in [2.45, 2.75) is 20.3 Å². The van der Waals surface area contributed by atoms with Crippen molar-refractivity contribution < 1.29 is 14.4 Å². The normalized spacial score (nSPS) is 26.9. The highest BCUT2D eigenvalue weighted by molar-refractivity contribution is 6.23. The van der Waals surface area contributed by atoms with Gasteiger partial charge in [0, 0.05) is 11.3 Å². The van der Waals surface area contributed by atoms with E-state index >= 15 is 0 Å². The van der Waals surface area contributed by atoms with Crippen molar-refractivity contribution in [2.75, 3.05) is 10.2 Å². The highest BCUT2D eigenvalue weighted by Crippen LogP contribution is 2.53. The van der Waals surface area contributed by atoms with Gasteiger partial charge in [-0.1, -0.05) is 24.3 Å². The number of hydrogen-bond donors (Lipinski definition) is 1. The van der Waals surface area contributed by atoms with E-state index in [2.05, 4.69) is 17.5 Å². The van der Waals surface area contributed by atoms with E-state index in [1.54, 1.807) is 24.3 Å². The second kappa shape index (κ2) is 6.41. The predicted octanol–water partition coefficient (Wildman–Crippen LogP) is 3.87. The zero-order valence-corrected chi connectivity index (χ0v) is 16.4. The first-order valence-electron chi connectivity index (χ1n) is 9.99. The van der Waals surface area contributed by atoms with Crippen LogP contribution in [0.5, 0.6) is 0 Å². The first kappa shape index (κ1) is 17.9. The van der Waals surface area contributed by atoms with E-state index in [9.17, 15) is 14.4 Å². The van der Waals surface area contributed by atoms with Crippen molar-refractivity contribution in [1.82, 2.24) is 0 Å². The molecule has 3 amide bonds. The largest absolute Gasteiger partial charge is 0.322 e. The number of nitrogens with zero attached hydrogens (tertiary/aromatic N) is 1. The molecule has 2 fully saturated rings. The molecular weight excluding hydrogens is 364 g/mol. The lowest BCUT2D eigenvalue weighted by Gasteiger charge is -2.18. The topological polar surface area (TPSA) is 66.5 Å². The van der Waals surface area contributed by atoms with Crippen LogP contribution in [0.15, 0.2) is 54.6 Å². The Morgan fingerprint density at radius 2 is 1.62 bits per heavy atom. The molecular formula is C24H22N2O3. The van der Waals surface area contributed by atoms with E-state index in [1.165, 1.54) is 4.90 Å². The van der Waals surface area contributed by atoms with Crippen LogP contribution in [0.3, 0.4) is 0 Å². The molecule has 2 aromatic rings. The van der Waals surface area contributed by atoms with Gasteiger partial charge >= 0.3 is 0 Å². The lowest BCUT2D eigenvalue weighted by molar-refractivity contribution is -0.123. The smallest absolute Gasteiger partial charge is 0.255 e. The Morgan fingerprint density at radius 1 is 0.931 bits per heavy atom. The number of fused-ring (bicyclic) bond motifs is 5. The molecule has 1 N–H and O–H groups in total. The third-order valence-electron chi connectivity index (χ3n) is 6.60. The molecule has 29 heavy (non-hydrogen) atoms. The highest BCUT2D eigenvalue weighted by Gasteiger charge is 2.59. The predicted molar refractivity (Wildman–Crippen MR) is 111 cm³/mol. The molecule has 4 atom stereocenters. The van der Waals surface area contributed by atoms with E-state index in [-0.39, 0.29) is 41.4 Å². The van der Waals surface area contributed by atoms with Crippen LogP contribution in [0.2, 0.25) is 0 Å². The van der Waals surface area contributed by atoms with Gasteiger partial charge in [-0.25, -0.2) is 4.90 Å². The van der Waals surface area contributed by atoms with Crippen LogP contribution in [0, 0.1) is 37.5 Å². The van der Waals surface area contributed by atoms with Gasteiger partial charge in [0.05, 0.1) is 17.5 Å². The number of anilines is 2. The summed E-state index contributed by atoms with van der Waals surface area (Å²) in [5, 5.41) is 2.89. The maximum Gasteiger partial charge on any atom is 0.255 e. The Morgan fingerprint density at radius 3 is 2.28 bits per heavy atom. The summed E-state index contributed by atoms with van der Waals surface area (Å²) in [5.41, 5.74) is 3.86. The number of benzene rings is 2. The zero-order chi connectivity index (χ0) is 20.3. The Hall–Kier alpha value is -3.21. The summed E-state index contributed by atoms with van der Waals surface area (Å²) in [5.74, 6) is -0.690. The van der Waals surface area contributed by atoms with Gasteiger partial charge in [-0.15, -0.1) is 0 Å². The van der Waals surface area contributed by atoms with Crippen LogP contribution in [0.1, 0.15) is 27.9 Å². The number of hydrogen-bond acceptors (Lipinski definition) is 3. The summed E-state index contributed by atoms with van der Waals surface area (Å²) in [4.78, 5) is 40.0. The summed E-state index contributed by atoms with van der Waals surface area (Å²) in [7, 11) is 0. The molecule has 1 heterocycles. The molecule has 1 aliphatic heterocycles. The van der Waals surface area contributed by atoms with Crippen molar-refractivity contribution in [1.29, 1.82) is 0 Å². The summed E-state index contributed by atoms with van der Waals surface area (Å²) < 4.78 is 0. The second-order valence-electron chi connectivity index (χ2n) is 8.32. The standard InChI is InChI=1S/C24H22N2O3/c1-13-6-9-18(10-14(13)2)25-22(27)17-4-3-5-19(12-17)26-23(28)20-15-7-8-16(11-15)21(20)24(26)29/h3-10,12,15-16,20-21H,11H2,1-2H3,(H,25,27)/t15-,16-,20+,21+/m0/s1. The molecule has 5 nitrogen and oxygen atoms in total. The van der Waals surface area contributed by atoms with Gasteiger partial charge in [-0.2, -0.15) is 0 Å². The number of aryl methyl sites for hydroxylation is 2. The van der Waals surface area contributed by atoms with Crippen molar-refractivity contribution in [3.8, 4) is 0 Å². The lowest BCUT2D eigenvalue weighted by atomic mass is 9.85. The van der Waals surface area contributed by atoms with Gasteiger partial charge in [-0.3, -0.25) is 14.4 Å². The number of nitrogens with one attached hydrogen (secondary N) is 1. The number of rotatable bonds is 3. The molecule has 0 unspecified atom stereocenters. The molecule has 2 aromatic carbocycles. The fourth-order valence-electron chi connectivity index (χ4n) is 4.97. The SMILES string of the molecule is Cc1ccc(NC(=O)c2cccc(N3C(=O)[C@H]4[C@H](C3=O)[C@H]3C=C[C@H]4C3)c2)cc1C. The molecule has 146 valence electrons. The maximum atomic E-state index is 13.0. The van der Waals surface area contributed by atoms with Gasteiger partial charge in [0.25, 0.3) is 5.91 Å². The van der Waals surface area contributed by atoms with Crippen molar-refractivity contribution in [3.63, 3.8) is 0 Å². The molecule has 3 aliphatic rings. The van der Waals surface area contributed by atoms with Gasteiger partial charge < -0.3 is 5.32 Å². The second-order valence-corrected chi connectivity index (χ2v) is 8.32. The molecule has 5 rings (SSSR count). The fraction of sp³-hybridized carbons (Fsp3) is 0.292. The first-order chi connectivity index (χ1) is 13.9. The number of carbonyl (C=O) groups is 3. The minimum atomic E-state index is -0.267. The molecule has 1 saturated carbocycles. The van der Waals surface area contributed by atoms with Crippen LogP contribution in [-0.2, 0) is 9.59 Å². The Labute approximate surface area is 169 Å². The Kier molecular flexibility index (Phi) is 3.95. The average molecular weight is 386 g/mol. The highest BCUT2D eigenvalue weighted by atomic mass is 16.2. The molecule has 5 heteroatoms. The van der Waals surface area contributed by atoms with E-state index in [4.69, 9.17) is 0 Å². The number of amides is 3. The zero-order valence-electron chi connectivity index (χ0n) is 16.4. The quantitative estimate of drug-likeness (QED) is 0.643. The van der Waals surface area contributed by atoms with E-state index < -0.39 is 0 Å². The fourth-order valence-corrected chi connectivity index (χ4v) is 4.97. The van der Waals surface area contributed by atoms with Crippen LogP contribution in [0.25, 0.3) is 0 Å². The van der Waals surface area contributed by atoms with Gasteiger partial charge in [0.2, 0.25) is 11.8 Å². The third-order valence-corrected chi connectivity index (χ3v) is 6.60. The minimum Gasteiger partial charge on any atom is -0.322 e. The molecule has 0 spiro atoms. The molecule has 0 aromatic heterocycles. The summed E-state index contributed by atoms with van der Waals surface area (Å²) in [6.45, 7) is 4.01. The first-order valence-corrected chi connectivity index (χ1v) is 9.99.